The summed E-state index contributed by atoms with van der Waals surface area (Å²) in [7, 11) is 0. The second-order valence-corrected chi connectivity index (χ2v) is 14.7. The number of aromatic nitrogens is 4. The van der Waals surface area contributed by atoms with Crippen LogP contribution in [0, 0.1) is 0 Å². The standard InChI is InChI=1S/C52H32N4O/c1-2-14-33(15-3-1)34-26-29-36(30-27-34)52(43-21-9-4-16-37(43)38-17-5-10-22-44(38)52)50-53-49(35-28-31-48-42(32-35)41-20-8-13-25-47(41)57-48)54-51(55-50)56-45-23-11-6-18-39(45)40-19-7-12-24-46(40)56/h1-32H. The monoisotopic (exact) mass is 728 g/mol. The highest BCUT2D eigenvalue weighted by Crippen LogP contribution is 2.55. The Kier molecular flexibility index (Phi) is 6.78. The number of hydrogen-bond acceptors (Lipinski definition) is 4. The van der Waals surface area contributed by atoms with Crippen LogP contribution in [0.1, 0.15) is 22.5 Å². The van der Waals surface area contributed by atoms with Crippen LogP contribution in [-0.2, 0) is 5.41 Å². The molecule has 3 aromatic heterocycles. The average Bonchev–Trinajstić information content (AvgIpc) is 3.93. The van der Waals surface area contributed by atoms with E-state index in [1.165, 1.54) is 16.7 Å². The minimum Gasteiger partial charge on any atom is -0.456 e. The molecule has 12 rings (SSSR count). The second-order valence-electron chi connectivity index (χ2n) is 14.7. The summed E-state index contributed by atoms with van der Waals surface area (Å²) in [4.78, 5) is 16.6. The van der Waals surface area contributed by atoms with Crippen molar-refractivity contribution in [1.29, 1.82) is 0 Å². The lowest BCUT2D eigenvalue weighted by atomic mass is 9.71. The van der Waals surface area contributed by atoms with Crippen molar-refractivity contribution in [1.82, 2.24) is 19.5 Å². The first-order valence-electron chi connectivity index (χ1n) is 19.3. The van der Waals surface area contributed by atoms with E-state index in [-0.39, 0.29) is 0 Å². The van der Waals surface area contributed by atoms with Crippen LogP contribution in [0.3, 0.4) is 0 Å². The summed E-state index contributed by atoms with van der Waals surface area (Å²) in [6.45, 7) is 0. The van der Waals surface area contributed by atoms with Crippen LogP contribution in [0.2, 0.25) is 0 Å². The third-order valence-electron chi connectivity index (χ3n) is 11.8. The van der Waals surface area contributed by atoms with E-state index in [4.69, 9.17) is 19.4 Å². The third kappa shape index (κ3) is 4.60. The number of furan rings is 1. The first-order valence-corrected chi connectivity index (χ1v) is 19.3. The van der Waals surface area contributed by atoms with E-state index in [1.807, 2.05) is 24.3 Å². The van der Waals surface area contributed by atoms with Gasteiger partial charge in [0.25, 0.3) is 0 Å². The van der Waals surface area contributed by atoms with Gasteiger partial charge in [-0.05, 0) is 75.3 Å². The fourth-order valence-electron chi connectivity index (χ4n) is 9.22. The summed E-state index contributed by atoms with van der Waals surface area (Å²) in [6, 6.07) is 68.4. The zero-order valence-electron chi connectivity index (χ0n) is 30.7. The molecular weight excluding hydrogens is 697 g/mol. The molecule has 3 heterocycles. The van der Waals surface area contributed by atoms with E-state index in [1.54, 1.807) is 0 Å². The molecular formula is C52H32N4O. The van der Waals surface area contributed by atoms with E-state index in [2.05, 4.69) is 174 Å². The zero-order chi connectivity index (χ0) is 37.5. The van der Waals surface area contributed by atoms with Gasteiger partial charge in [-0.1, -0.05) is 158 Å². The van der Waals surface area contributed by atoms with Gasteiger partial charge in [-0.15, -0.1) is 0 Å². The van der Waals surface area contributed by atoms with Crippen molar-refractivity contribution < 1.29 is 4.42 Å². The van der Waals surface area contributed by atoms with Crippen LogP contribution in [0.25, 0.3) is 83.3 Å². The van der Waals surface area contributed by atoms with Crippen molar-refractivity contribution in [3.05, 3.63) is 217 Å². The molecule has 0 bridgehead atoms. The SMILES string of the molecule is c1ccc(-c2ccc(C3(c4nc(-c5ccc6oc7ccccc7c6c5)nc(-n5c6ccccc6c6ccccc65)n4)c4ccccc4-c4ccccc43)cc2)cc1. The molecule has 0 saturated heterocycles. The number of hydrogen-bond donors (Lipinski definition) is 0. The van der Waals surface area contributed by atoms with E-state index >= 15 is 0 Å². The zero-order valence-corrected chi connectivity index (χ0v) is 30.7. The molecule has 0 aliphatic heterocycles. The van der Waals surface area contributed by atoms with Gasteiger partial charge in [0.05, 0.1) is 11.0 Å². The van der Waals surface area contributed by atoms with Crippen molar-refractivity contribution in [2.75, 3.05) is 0 Å². The fourth-order valence-corrected chi connectivity index (χ4v) is 9.22. The molecule has 8 aromatic carbocycles. The Morgan fingerprint density at radius 1 is 0.404 bits per heavy atom. The van der Waals surface area contributed by atoms with E-state index < -0.39 is 5.41 Å². The Labute approximate surface area is 328 Å². The van der Waals surface area contributed by atoms with Gasteiger partial charge in [-0.2, -0.15) is 9.97 Å². The number of nitrogens with zero attached hydrogens (tertiary/aromatic N) is 4. The molecule has 1 aliphatic rings. The Morgan fingerprint density at radius 2 is 0.947 bits per heavy atom. The molecule has 266 valence electrons. The molecule has 5 heteroatoms. The number of fused-ring (bicyclic) bond motifs is 9. The van der Waals surface area contributed by atoms with Crippen molar-refractivity contribution in [3.8, 4) is 39.6 Å². The van der Waals surface area contributed by atoms with Crippen LogP contribution in [0.4, 0.5) is 0 Å². The molecule has 57 heavy (non-hydrogen) atoms. The van der Waals surface area contributed by atoms with Gasteiger partial charge in [0.2, 0.25) is 5.95 Å². The van der Waals surface area contributed by atoms with Gasteiger partial charge in [0, 0.05) is 27.1 Å². The average molecular weight is 729 g/mol. The second kappa shape index (κ2) is 12.2. The van der Waals surface area contributed by atoms with Crippen molar-refractivity contribution in [2.24, 2.45) is 0 Å². The minimum absolute atomic E-state index is 0.562. The van der Waals surface area contributed by atoms with Crippen LogP contribution < -0.4 is 0 Å². The van der Waals surface area contributed by atoms with Gasteiger partial charge in [-0.25, -0.2) is 4.98 Å². The number of rotatable bonds is 5. The maximum Gasteiger partial charge on any atom is 0.238 e. The van der Waals surface area contributed by atoms with Gasteiger partial charge >= 0.3 is 0 Å². The summed E-state index contributed by atoms with van der Waals surface area (Å²) in [5.41, 5.74) is 11.8. The largest absolute Gasteiger partial charge is 0.456 e. The quantitative estimate of drug-likeness (QED) is 0.177. The molecule has 11 aromatic rings. The van der Waals surface area contributed by atoms with E-state index in [0.29, 0.717) is 17.6 Å². The summed E-state index contributed by atoms with van der Waals surface area (Å²) in [5, 5.41) is 4.36. The highest BCUT2D eigenvalue weighted by atomic mass is 16.3. The lowest BCUT2D eigenvalue weighted by Gasteiger charge is -2.32. The lowest BCUT2D eigenvalue weighted by Crippen LogP contribution is -2.32. The molecule has 0 unspecified atom stereocenters. The lowest BCUT2D eigenvalue weighted by molar-refractivity contribution is 0.669. The highest BCUT2D eigenvalue weighted by Gasteiger charge is 2.49. The smallest absolute Gasteiger partial charge is 0.238 e. The predicted molar refractivity (Wildman–Crippen MR) is 230 cm³/mol. The molecule has 0 saturated carbocycles. The molecule has 5 nitrogen and oxygen atoms in total. The normalized spacial score (nSPS) is 13.1. The minimum atomic E-state index is -0.861. The maximum absolute atomic E-state index is 6.26. The summed E-state index contributed by atoms with van der Waals surface area (Å²) in [5.74, 6) is 1.81. The van der Waals surface area contributed by atoms with Crippen LogP contribution >= 0.6 is 0 Å². The first-order chi connectivity index (χ1) is 28.3. The van der Waals surface area contributed by atoms with Crippen LogP contribution in [0.15, 0.2) is 199 Å². The number of para-hydroxylation sites is 3. The van der Waals surface area contributed by atoms with Crippen molar-refractivity contribution >= 4 is 43.7 Å². The molecule has 0 fully saturated rings. The highest BCUT2D eigenvalue weighted by molar-refractivity contribution is 6.09. The summed E-state index contributed by atoms with van der Waals surface area (Å²) >= 11 is 0. The molecule has 0 atom stereocenters. The Bertz CT molecular complexity index is 3260. The molecule has 1 aliphatic carbocycles. The molecule has 0 amide bonds. The van der Waals surface area contributed by atoms with Crippen LogP contribution in [-0.4, -0.2) is 19.5 Å². The maximum atomic E-state index is 6.26. The van der Waals surface area contributed by atoms with Crippen molar-refractivity contribution in [3.63, 3.8) is 0 Å². The molecule has 0 N–H and O–H groups in total. The van der Waals surface area contributed by atoms with Gasteiger partial charge < -0.3 is 4.42 Å². The molecule has 0 spiro atoms. The fraction of sp³-hybridized carbons (Fsp3) is 0.0192. The topological polar surface area (TPSA) is 56.7 Å². The summed E-state index contributed by atoms with van der Waals surface area (Å²) < 4.78 is 8.46. The Balaban J connectivity index is 1.20. The molecule has 0 radical (unpaired) electrons. The summed E-state index contributed by atoms with van der Waals surface area (Å²) in [6.07, 6.45) is 0. The number of benzene rings is 8. The van der Waals surface area contributed by atoms with E-state index in [0.717, 1.165) is 71.6 Å². The first kappa shape index (κ1) is 31.7. The Morgan fingerprint density at radius 3 is 1.65 bits per heavy atom. The van der Waals surface area contributed by atoms with Gasteiger partial charge in [0.1, 0.15) is 16.6 Å². The van der Waals surface area contributed by atoms with Gasteiger partial charge in [-0.3, -0.25) is 4.57 Å². The van der Waals surface area contributed by atoms with Gasteiger partial charge in [0.15, 0.2) is 11.6 Å². The third-order valence-corrected chi connectivity index (χ3v) is 11.8. The van der Waals surface area contributed by atoms with Crippen LogP contribution in [0.5, 0.6) is 0 Å². The predicted octanol–water partition coefficient (Wildman–Crippen LogP) is 12.6. The van der Waals surface area contributed by atoms with Crippen molar-refractivity contribution in [2.45, 2.75) is 5.41 Å². The Hall–Kier alpha value is -7.63. The van der Waals surface area contributed by atoms with E-state index in [9.17, 15) is 0 Å².